The minimum atomic E-state index is -0.0724. The minimum Gasteiger partial charge on any atom is -0.383 e. The standard InChI is InChI=1S/C14H20N2O2/c1-16-10-12-6-4-3-5-11(12)9-13(16)14(17)15-7-8-18-2/h3-6,13H,7-10H2,1-2H3,(H,15,17). The van der Waals surface area contributed by atoms with E-state index >= 15 is 0 Å². The maximum Gasteiger partial charge on any atom is 0.237 e. The molecule has 0 fully saturated rings. The van der Waals surface area contributed by atoms with Gasteiger partial charge in [0.15, 0.2) is 0 Å². The van der Waals surface area contributed by atoms with E-state index in [0.29, 0.717) is 13.2 Å². The van der Waals surface area contributed by atoms with E-state index in [1.807, 2.05) is 19.2 Å². The second-order valence-corrected chi connectivity index (χ2v) is 4.69. The van der Waals surface area contributed by atoms with E-state index in [9.17, 15) is 4.79 Å². The fourth-order valence-corrected chi connectivity index (χ4v) is 2.34. The highest BCUT2D eigenvalue weighted by Gasteiger charge is 2.28. The van der Waals surface area contributed by atoms with E-state index in [4.69, 9.17) is 4.74 Å². The Morgan fingerprint density at radius 2 is 2.17 bits per heavy atom. The van der Waals surface area contributed by atoms with Crippen LogP contribution in [0.15, 0.2) is 24.3 Å². The van der Waals surface area contributed by atoms with Gasteiger partial charge in [0.05, 0.1) is 12.6 Å². The Hall–Kier alpha value is -1.39. The van der Waals surface area contributed by atoms with Crippen molar-refractivity contribution in [1.29, 1.82) is 0 Å². The molecule has 2 rings (SSSR count). The van der Waals surface area contributed by atoms with E-state index in [2.05, 4.69) is 22.3 Å². The van der Waals surface area contributed by atoms with Crippen molar-refractivity contribution in [3.8, 4) is 0 Å². The molecular formula is C14H20N2O2. The molecule has 0 saturated carbocycles. The van der Waals surface area contributed by atoms with E-state index in [0.717, 1.165) is 13.0 Å². The van der Waals surface area contributed by atoms with Crippen molar-refractivity contribution in [3.05, 3.63) is 35.4 Å². The summed E-state index contributed by atoms with van der Waals surface area (Å²) in [6, 6.07) is 8.25. The molecule has 1 aliphatic heterocycles. The first kappa shape index (κ1) is 13.1. The maximum absolute atomic E-state index is 12.1. The first-order valence-corrected chi connectivity index (χ1v) is 6.26. The lowest BCUT2D eigenvalue weighted by atomic mass is 9.94. The average Bonchev–Trinajstić information content (AvgIpc) is 2.38. The van der Waals surface area contributed by atoms with Crippen LogP contribution in [0.3, 0.4) is 0 Å². The molecule has 1 amide bonds. The summed E-state index contributed by atoms with van der Waals surface area (Å²) in [5.74, 6) is 0.0871. The highest BCUT2D eigenvalue weighted by Crippen LogP contribution is 2.21. The summed E-state index contributed by atoms with van der Waals surface area (Å²) in [6.45, 7) is 1.96. The van der Waals surface area contributed by atoms with Gasteiger partial charge in [0, 0.05) is 20.2 Å². The lowest BCUT2D eigenvalue weighted by Gasteiger charge is -2.33. The monoisotopic (exact) mass is 248 g/mol. The van der Waals surface area contributed by atoms with Crippen LogP contribution in [0.4, 0.5) is 0 Å². The highest BCUT2D eigenvalue weighted by molar-refractivity contribution is 5.82. The molecule has 0 radical (unpaired) electrons. The minimum absolute atomic E-state index is 0.0724. The molecule has 98 valence electrons. The van der Waals surface area contributed by atoms with E-state index in [1.165, 1.54) is 11.1 Å². The smallest absolute Gasteiger partial charge is 0.237 e. The number of amides is 1. The Bertz CT molecular complexity index is 420. The average molecular weight is 248 g/mol. The third kappa shape index (κ3) is 2.89. The zero-order valence-corrected chi connectivity index (χ0v) is 11.0. The van der Waals surface area contributed by atoms with Gasteiger partial charge in [-0.1, -0.05) is 24.3 Å². The molecule has 0 spiro atoms. The van der Waals surface area contributed by atoms with Gasteiger partial charge < -0.3 is 10.1 Å². The van der Waals surface area contributed by atoms with Gasteiger partial charge in [0.2, 0.25) is 5.91 Å². The molecule has 1 unspecified atom stereocenters. The summed E-state index contributed by atoms with van der Waals surface area (Å²) in [5, 5.41) is 2.91. The van der Waals surface area contributed by atoms with Crippen molar-refractivity contribution in [1.82, 2.24) is 10.2 Å². The Morgan fingerprint density at radius 1 is 1.44 bits per heavy atom. The van der Waals surface area contributed by atoms with Gasteiger partial charge in [-0.2, -0.15) is 0 Å². The molecule has 1 aromatic rings. The highest BCUT2D eigenvalue weighted by atomic mass is 16.5. The number of likely N-dealkylation sites (N-methyl/N-ethyl adjacent to an activating group) is 1. The second-order valence-electron chi connectivity index (χ2n) is 4.69. The van der Waals surface area contributed by atoms with Crippen molar-refractivity contribution in [2.24, 2.45) is 0 Å². The molecule has 0 aromatic heterocycles. The number of hydrogen-bond acceptors (Lipinski definition) is 3. The number of methoxy groups -OCH3 is 1. The van der Waals surface area contributed by atoms with Crippen LogP contribution < -0.4 is 5.32 Å². The van der Waals surface area contributed by atoms with Gasteiger partial charge >= 0.3 is 0 Å². The number of carbonyl (C=O) groups excluding carboxylic acids is 1. The summed E-state index contributed by atoms with van der Waals surface area (Å²) >= 11 is 0. The van der Waals surface area contributed by atoms with Crippen LogP contribution in [0.25, 0.3) is 0 Å². The fraction of sp³-hybridized carbons (Fsp3) is 0.500. The normalized spacial score (nSPS) is 19.3. The van der Waals surface area contributed by atoms with Crippen LogP contribution in [-0.4, -0.2) is 44.2 Å². The van der Waals surface area contributed by atoms with Gasteiger partial charge in [0.25, 0.3) is 0 Å². The molecular weight excluding hydrogens is 228 g/mol. The maximum atomic E-state index is 12.1. The van der Waals surface area contributed by atoms with E-state index in [-0.39, 0.29) is 11.9 Å². The summed E-state index contributed by atoms with van der Waals surface area (Å²) in [7, 11) is 3.63. The third-order valence-electron chi connectivity index (χ3n) is 3.39. The summed E-state index contributed by atoms with van der Waals surface area (Å²) in [6.07, 6.45) is 0.783. The molecule has 4 nitrogen and oxygen atoms in total. The van der Waals surface area contributed by atoms with E-state index < -0.39 is 0 Å². The zero-order chi connectivity index (χ0) is 13.0. The van der Waals surface area contributed by atoms with Gasteiger partial charge in [0.1, 0.15) is 0 Å². The Balaban J connectivity index is 2.00. The lowest BCUT2D eigenvalue weighted by Crippen LogP contribution is -2.49. The Labute approximate surface area is 108 Å². The molecule has 1 heterocycles. The molecule has 0 saturated heterocycles. The molecule has 0 aliphatic carbocycles. The number of hydrogen-bond donors (Lipinski definition) is 1. The number of nitrogens with one attached hydrogen (secondary N) is 1. The predicted octanol–water partition coefficient (Wildman–Crippen LogP) is 0.806. The summed E-state index contributed by atoms with van der Waals surface area (Å²) in [5.41, 5.74) is 2.60. The first-order chi connectivity index (χ1) is 8.72. The number of rotatable bonds is 4. The largest absolute Gasteiger partial charge is 0.383 e. The molecule has 1 aliphatic rings. The number of nitrogens with zero attached hydrogens (tertiary/aromatic N) is 1. The van der Waals surface area contributed by atoms with Crippen LogP contribution in [0.1, 0.15) is 11.1 Å². The van der Waals surface area contributed by atoms with Gasteiger partial charge in [-0.3, -0.25) is 9.69 Å². The summed E-state index contributed by atoms with van der Waals surface area (Å²) in [4.78, 5) is 14.2. The topological polar surface area (TPSA) is 41.6 Å². The Kier molecular flexibility index (Phi) is 4.33. The van der Waals surface area contributed by atoms with Crippen molar-refractivity contribution in [3.63, 3.8) is 0 Å². The molecule has 4 heteroatoms. The van der Waals surface area contributed by atoms with Crippen molar-refractivity contribution < 1.29 is 9.53 Å². The number of ether oxygens (including phenoxy) is 1. The van der Waals surface area contributed by atoms with Crippen LogP contribution in [-0.2, 0) is 22.5 Å². The van der Waals surface area contributed by atoms with Crippen molar-refractivity contribution >= 4 is 5.91 Å². The number of benzene rings is 1. The molecule has 1 N–H and O–H groups in total. The fourth-order valence-electron chi connectivity index (χ4n) is 2.34. The van der Waals surface area contributed by atoms with Gasteiger partial charge in [-0.25, -0.2) is 0 Å². The molecule has 1 atom stereocenters. The predicted molar refractivity (Wildman–Crippen MR) is 70.3 cm³/mol. The first-order valence-electron chi connectivity index (χ1n) is 6.26. The van der Waals surface area contributed by atoms with Crippen molar-refractivity contribution in [2.75, 3.05) is 27.3 Å². The molecule has 0 bridgehead atoms. The van der Waals surface area contributed by atoms with E-state index in [1.54, 1.807) is 7.11 Å². The third-order valence-corrected chi connectivity index (χ3v) is 3.39. The van der Waals surface area contributed by atoms with Crippen LogP contribution in [0.2, 0.25) is 0 Å². The number of fused-ring (bicyclic) bond motifs is 1. The van der Waals surface area contributed by atoms with Crippen LogP contribution in [0, 0.1) is 0 Å². The zero-order valence-electron chi connectivity index (χ0n) is 11.0. The van der Waals surface area contributed by atoms with Crippen LogP contribution in [0.5, 0.6) is 0 Å². The van der Waals surface area contributed by atoms with Gasteiger partial charge in [-0.05, 0) is 24.6 Å². The summed E-state index contributed by atoms with van der Waals surface area (Å²) < 4.78 is 4.93. The van der Waals surface area contributed by atoms with Crippen LogP contribution >= 0.6 is 0 Å². The quantitative estimate of drug-likeness (QED) is 0.802. The second kappa shape index (κ2) is 5.98. The molecule has 1 aromatic carbocycles. The number of carbonyl (C=O) groups is 1. The Morgan fingerprint density at radius 3 is 2.89 bits per heavy atom. The lowest BCUT2D eigenvalue weighted by molar-refractivity contribution is -0.126. The van der Waals surface area contributed by atoms with Crippen molar-refractivity contribution in [2.45, 2.75) is 19.0 Å². The van der Waals surface area contributed by atoms with Gasteiger partial charge in [-0.15, -0.1) is 0 Å². The molecule has 18 heavy (non-hydrogen) atoms. The SMILES string of the molecule is COCCNC(=O)C1Cc2ccccc2CN1C.